The second-order valence-corrected chi connectivity index (χ2v) is 6.13. The van der Waals surface area contributed by atoms with E-state index in [0.29, 0.717) is 5.25 Å². The molecular formula is C15H14N2S. The van der Waals surface area contributed by atoms with E-state index >= 15 is 0 Å². The Bertz CT molecular complexity index is 707. The standard InChI is InChI=1S/C15H14N2S/c1-10(2)18-13-9-11-5-3-7-16-14(11)15-12(13)6-4-8-17-15/h3-10H,1-2H3. The summed E-state index contributed by atoms with van der Waals surface area (Å²) in [5, 5.41) is 2.91. The van der Waals surface area contributed by atoms with Crippen molar-refractivity contribution in [2.24, 2.45) is 0 Å². The third kappa shape index (κ3) is 1.95. The Labute approximate surface area is 110 Å². The van der Waals surface area contributed by atoms with E-state index in [9.17, 15) is 0 Å². The van der Waals surface area contributed by atoms with Crippen LogP contribution in [-0.4, -0.2) is 15.2 Å². The van der Waals surface area contributed by atoms with E-state index in [1.54, 1.807) is 0 Å². The zero-order valence-electron chi connectivity index (χ0n) is 10.4. The Hall–Kier alpha value is -1.61. The van der Waals surface area contributed by atoms with Gasteiger partial charge in [-0.05, 0) is 18.2 Å². The maximum absolute atomic E-state index is 4.50. The molecule has 90 valence electrons. The summed E-state index contributed by atoms with van der Waals surface area (Å²) in [5.74, 6) is 0. The molecule has 0 atom stereocenters. The summed E-state index contributed by atoms with van der Waals surface area (Å²) >= 11 is 1.87. The lowest BCUT2D eigenvalue weighted by Crippen LogP contribution is -1.90. The van der Waals surface area contributed by atoms with Gasteiger partial charge in [-0.1, -0.05) is 26.0 Å². The van der Waals surface area contributed by atoms with Gasteiger partial charge in [-0.15, -0.1) is 11.8 Å². The lowest BCUT2D eigenvalue weighted by Gasteiger charge is -2.10. The Morgan fingerprint density at radius 3 is 2.50 bits per heavy atom. The van der Waals surface area contributed by atoms with Crippen LogP contribution in [0.25, 0.3) is 21.8 Å². The van der Waals surface area contributed by atoms with Crippen molar-refractivity contribution >= 4 is 33.6 Å². The molecule has 2 heterocycles. The number of aromatic nitrogens is 2. The van der Waals surface area contributed by atoms with Gasteiger partial charge in [-0.3, -0.25) is 9.97 Å². The average molecular weight is 254 g/mol. The summed E-state index contributed by atoms with van der Waals surface area (Å²) in [5.41, 5.74) is 1.99. The van der Waals surface area contributed by atoms with E-state index in [4.69, 9.17) is 0 Å². The molecule has 0 unspecified atom stereocenters. The number of nitrogens with zero attached hydrogens (tertiary/aromatic N) is 2. The van der Waals surface area contributed by atoms with E-state index in [-0.39, 0.29) is 0 Å². The van der Waals surface area contributed by atoms with Crippen molar-refractivity contribution < 1.29 is 0 Å². The van der Waals surface area contributed by atoms with Gasteiger partial charge in [0, 0.05) is 33.3 Å². The summed E-state index contributed by atoms with van der Waals surface area (Å²) in [6, 6.07) is 10.4. The Balaban J connectivity index is 2.39. The van der Waals surface area contributed by atoms with Crippen LogP contribution in [0, 0.1) is 0 Å². The first-order valence-electron chi connectivity index (χ1n) is 6.05. The number of thioether (sulfide) groups is 1. The van der Waals surface area contributed by atoms with Gasteiger partial charge in [-0.2, -0.15) is 0 Å². The molecule has 3 aromatic rings. The highest BCUT2D eigenvalue weighted by molar-refractivity contribution is 8.00. The molecule has 0 aliphatic heterocycles. The van der Waals surface area contributed by atoms with Gasteiger partial charge in [0.2, 0.25) is 0 Å². The number of hydrogen-bond donors (Lipinski definition) is 0. The monoisotopic (exact) mass is 254 g/mol. The topological polar surface area (TPSA) is 25.8 Å². The molecule has 0 amide bonds. The molecule has 0 saturated heterocycles. The van der Waals surface area contributed by atoms with E-state index in [1.807, 2.05) is 36.3 Å². The van der Waals surface area contributed by atoms with Crippen LogP contribution in [0.4, 0.5) is 0 Å². The molecule has 0 spiro atoms. The SMILES string of the molecule is CC(C)Sc1cc2cccnc2c2ncccc12. The van der Waals surface area contributed by atoms with Crippen LogP contribution in [0.5, 0.6) is 0 Å². The van der Waals surface area contributed by atoms with Crippen LogP contribution in [-0.2, 0) is 0 Å². The maximum Gasteiger partial charge on any atom is 0.0975 e. The predicted molar refractivity (Wildman–Crippen MR) is 78.0 cm³/mol. The first-order valence-corrected chi connectivity index (χ1v) is 6.93. The molecule has 1 aromatic carbocycles. The van der Waals surface area contributed by atoms with Crippen molar-refractivity contribution in [1.82, 2.24) is 9.97 Å². The first-order chi connectivity index (χ1) is 8.75. The Kier molecular flexibility index (Phi) is 2.92. The second-order valence-electron chi connectivity index (χ2n) is 4.52. The molecule has 3 rings (SSSR count). The highest BCUT2D eigenvalue weighted by Gasteiger charge is 2.09. The Morgan fingerprint density at radius 2 is 1.72 bits per heavy atom. The molecule has 0 aliphatic carbocycles. The normalized spacial score (nSPS) is 11.5. The van der Waals surface area contributed by atoms with Gasteiger partial charge >= 0.3 is 0 Å². The fourth-order valence-corrected chi connectivity index (χ4v) is 3.09. The van der Waals surface area contributed by atoms with Crippen molar-refractivity contribution in [3.8, 4) is 0 Å². The minimum absolute atomic E-state index is 0.558. The lowest BCUT2D eigenvalue weighted by molar-refractivity contribution is 1.11. The van der Waals surface area contributed by atoms with Gasteiger partial charge in [0.1, 0.15) is 0 Å². The smallest absolute Gasteiger partial charge is 0.0975 e. The van der Waals surface area contributed by atoms with E-state index in [1.165, 1.54) is 10.3 Å². The molecule has 0 bridgehead atoms. The molecular weight excluding hydrogens is 240 g/mol. The molecule has 0 saturated carbocycles. The highest BCUT2D eigenvalue weighted by atomic mass is 32.2. The van der Waals surface area contributed by atoms with Crippen LogP contribution >= 0.6 is 11.8 Å². The molecule has 2 nitrogen and oxygen atoms in total. The second kappa shape index (κ2) is 4.58. The lowest BCUT2D eigenvalue weighted by atomic mass is 10.1. The average Bonchev–Trinajstić information content (AvgIpc) is 2.38. The summed E-state index contributed by atoms with van der Waals surface area (Å²) in [4.78, 5) is 10.2. The fraction of sp³-hybridized carbons (Fsp3) is 0.200. The summed E-state index contributed by atoms with van der Waals surface area (Å²) in [7, 11) is 0. The molecule has 0 radical (unpaired) electrons. The molecule has 0 fully saturated rings. The van der Waals surface area contributed by atoms with E-state index in [2.05, 4.69) is 42.0 Å². The number of rotatable bonds is 2. The maximum atomic E-state index is 4.50. The summed E-state index contributed by atoms with van der Waals surface area (Å²) in [6.45, 7) is 4.42. The van der Waals surface area contributed by atoms with Crippen molar-refractivity contribution in [2.75, 3.05) is 0 Å². The van der Waals surface area contributed by atoms with Crippen molar-refractivity contribution in [1.29, 1.82) is 0 Å². The van der Waals surface area contributed by atoms with Crippen molar-refractivity contribution in [2.45, 2.75) is 24.0 Å². The van der Waals surface area contributed by atoms with Gasteiger partial charge in [-0.25, -0.2) is 0 Å². The molecule has 3 heteroatoms. The zero-order valence-corrected chi connectivity index (χ0v) is 11.2. The zero-order chi connectivity index (χ0) is 12.5. The third-order valence-corrected chi connectivity index (χ3v) is 3.85. The number of pyridine rings is 2. The van der Waals surface area contributed by atoms with Gasteiger partial charge in [0.15, 0.2) is 0 Å². The number of benzene rings is 1. The number of fused-ring (bicyclic) bond motifs is 3. The molecule has 18 heavy (non-hydrogen) atoms. The van der Waals surface area contributed by atoms with Crippen LogP contribution in [0.1, 0.15) is 13.8 Å². The quantitative estimate of drug-likeness (QED) is 0.504. The highest BCUT2D eigenvalue weighted by Crippen LogP contribution is 2.34. The first kappa shape index (κ1) is 11.5. The van der Waals surface area contributed by atoms with Crippen molar-refractivity contribution in [3.63, 3.8) is 0 Å². The van der Waals surface area contributed by atoms with E-state index < -0.39 is 0 Å². The predicted octanol–water partition coefficient (Wildman–Crippen LogP) is 4.28. The minimum Gasteiger partial charge on any atom is -0.254 e. The van der Waals surface area contributed by atoms with E-state index in [0.717, 1.165) is 16.4 Å². The van der Waals surface area contributed by atoms with Crippen LogP contribution in [0.15, 0.2) is 47.6 Å². The van der Waals surface area contributed by atoms with Crippen molar-refractivity contribution in [3.05, 3.63) is 42.7 Å². The van der Waals surface area contributed by atoms with Gasteiger partial charge < -0.3 is 0 Å². The molecule has 2 aromatic heterocycles. The molecule has 0 aliphatic rings. The largest absolute Gasteiger partial charge is 0.254 e. The van der Waals surface area contributed by atoms with Crippen LogP contribution < -0.4 is 0 Å². The van der Waals surface area contributed by atoms with Gasteiger partial charge in [0.25, 0.3) is 0 Å². The summed E-state index contributed by atoms with van der Waals surface area (Å²) in [6.07, 6.45) is 3.66. The van der Waals surface area contributed by atoms with Crippen LogP contribution in [0.2, 0.25) is 0 Å². The van der Waals surface area contributed by atoms with Crippen LogP contribution in [0.3, 0.4) is 0 Å². The number of hydrogen-bond acceptors (Lipinski definition) is 3. The third-order valence-electron chi connectivity index (χ3n) is 2.79. The minimum atomic E-state index is 0.558. The molecule has 0 N–H and O–H groups in total. The fourth-order valence-electron chi connectivity index (χ4n) is 2.10. The van der Waals surface area contributed by atoms with Gasteiger partial charge in [0.05, 0.1) is 11.0 Å². The Morgan fingerprint density at radius 1 is 1.00 bits per heavy atom. The summed E-state index contributed by atoms with van der Waals surface area (Å²) < 4.78 is 0.